The van der Waals surface area contributed by atoms with Crippen LogP contribution in [0.2, 0.25) is 0 Å². The summed E-state index contributed by atoms with van der Waals surface area (Å²) in [6.07, 6.45) is 2.18. The quantitative estimate of drug-likeness (QED) is 0.873. The molecule has 2 heterocycles. The van der Waals surface area contributed by atoms with Crippen molar-refractivity contribution in [3.8, 4) is 0 Å². The molecule has 2 aromatic heterocycles. The second-order valence-electron chi connectivity index (χ2n) is 4.52. The Labute approximate surface area is 117 Å². The summed E-state index contributed by atoms with van der Waals surface area (Å²) in [6.45, 7) is 4.37. The van der Waals surface area contributed by atoms with Crippen molar-refractivity contribution in [3.05, 3.63) is 23.7 Å². The minimum Gasteiger partial charge on any atom is -0.359 e. The Morgan fingerprint density at radius 3 is 2.95 bits per heavy atom. The third-order valence-electron chi connectivity index (χ3n) is 2.95. The number of hydrogen-bond donors (Lipinski definition) is 1. The third-order valence-corrected chi connectivity index (χ3v) is 3.14. The summed E-state index contributed by atoms with van der Waals surface area (Å²) >= 11 is 6.16. The number of aryl methyl sites for hydroxylation is 2. The van der Waals surface area contributed by atoms with Crippen LogP contribution < -0.4 is 5.32 Å². The van der Waals surface area contributed by atoms with Gasteiger partial charge in [-0.15, -0.1) is 11.6 Å². The lowest BCUT2D eigenvalue weighted by molar-refractivity contribution is -0.120. The highest BCUT2D eigenvalue weighted by atomic mass is 35.5. The molecule has 2 rings (SSSR count). The molecule has 19 heavy (non-hydrogen) atoms. The Balaban J connectivity index is 2.43. The summed E-state index contributed by atoms with van der Waals surface area (Å²) in [5.41, 5.74) is 2.65. The normalized spacial score (nSPS) is 12.6. The van der Waals surface area contributed by atoms with Crippen LogP contribution in [0.25, 0.3) is 11.2 Å². The SMILES string of the molecule is CNC(=O)CCn1c(C(C)Cl)nc2cc(C)cnc21. The maximum Gasteiger partial charge on any atom is 0.221 e. The van der Waals surface area contributed by atoms with Crippen molar-refractivity contribution in [3.63, 3.8) is 0 Å². The molecule has 0 saturated carbocycles. The van der Waals surface area contributed by atoms with Gasteiger partial charge in [-0.25, -0.2) is 9.97 Å². The van der Waals surface area contributed by atoms with E-state index in [1.54, 1.807) is 13.2 Å². The zero-order valence-electron chi connectivity index (χ0n) is 11.3. The second-order valence-corrected chi connectivity index (χ2v) is 5.17. The van der Waals surface area contributed by atoms with Crippen LogP contribution in [0, 0.1) is 6.92 Å². The predicted molar refractivity (Wildman–Crippen MR) is 75.2 cm³/mol. The third kappa shape index (κ3) is 2.87. The summed E-state index contributed by atoms with van der Waals surface area (Å²) in [7, 11) is 1.63. The van der Waals surface area contributed by atoms with Gasteiger partial charge in [0.1, 0.15) is 11.3 Å². The first-order valence-electron chi connectivity index (χ1n) is 6.20. The molecule has 2 aromatic rings. The van der Waals surface area contributed by atoms with Crippen molar-refractivity contribution in [1.82, 2.24) is 19.9 Å². The number of rotatable bonds is 4. The number of aromatic nitrogens is 3. The van der Waals surface area contributed by atoms with E-state index in [1.165, 1.54) is 0 Å². The fourth-order valence-corrected chi connectivity index (χ4v) is 2.16. The van der Waals surface area contributed by atoms with Crippen molar-refractivity contribution in [2.45, 2.75) is 32.2 Å². The van der Waals surface area contributed by atoms with Gasteiger partial charge >= 0.3 is 0 Å². The maximum absolute atomic E-state index is 11.4. The van der Waals surface area contributed by atoms with Gasteiger partial charge < -0.3 is 9.88 Å². The second kappa shape index (κ2) is 5.57. The molecule has 6 heteroatoms. The molecule has 0 saturated heterocycles. The summed E-state index contributed by atoms with van der Waals surface area (Å²) in [5.74, 6) is 0.737. The molecule has 0 aliphatic heterocycles. The smallest absolute Gasteiger partial charge is 0.221 e. The molecule has 0 aliphatic rings. The van der Waals surface area contributed by atoms with Gasteiger partial charge in [-0.2, -0.15) is 0 Å². The van der Waals surface area contributed by atoms with Crippen LogP contribution >= 0.6 is 11.6 Å². The van der Waals surface area contributed by atoms with Crippen LogP contribution in [0.5, 0.6) is 0 Å². The lowest BCUT2D eigenvalue weighted by Crippen LogP contribution is -2.20. The van der Waals surface area contributed by atoms with Crippen LogP contribution in [0.4, 0.5) is 0 Å². The van der Waals surface area contributed by atoms with Gasteiger partial charge in [0.05, 0.1) is 5.38 Å². The molecule has 1 N–H and O–H groups in total. The molecule has 0 spiro atoms. The highest BCUT2D eigenvalue weighted by molar-refractivity contribution is 6.20. The summed E-state index contributed by atoms with van der Waals surface area (Å²) in [4.78, 5) is 20.3. The zero-order chi connectivity index (χ0) is 14.0. The number of carbonyl (C=O) groups excluding carboxylic acids is 1. The minimum absolute atomic E-state index is 0.0119. The van der Waals surface area contributed by atoms with E-state index in [0.29, 0.717) is 13.0 Å². The van der Waals surface area contributed by atoms with Crippen LogP contribution in [-0.2, 0) is 11.3 Å². The maximum atomic E-state index is 11.4. The molecular formula is C13H17ClN4O. The van der Waals surface area contributed by atoms with Gasteiger partial charge in [0.25, 0.3) is 0 Å². The largest absolute Gasteiger partial charge is 0.359 e. The number of imidazole rings is 1. The number of amides is 1. The number of pyridine rings is 1. The molecule has 0 bridgehead atoms. The average Bonchev–Trinajstić information content (AvgIpc) is 2.73. The van der Waals surface area contributed by atoms with Crippen LogP contribution in [-0.4, -0.2) is 27.5 Å². The summed E-state index contributed by atoms with van der Waals surface area (Å²) in [6, 6.07) is 1.97. The van der Waals surface area contributed by atoms with Crippen LogP contribution in [0.15, 0.2) is 12.3 Å². The van der Waals surface area contributed by atoms with E-state index >= 15 is 0 Å². The number of alkyl halides is 1. The van der Waals surface area contributed by atoms with Crippen molar-refractivity contribution >= 4 is 28.7 Å². The van der Waals surface area contributed by atoms with Crippen molar-refractivity contribution in [2.24, 2.45) is 0 Å². The van der Waals surface area contributed by atoms with E-state index in [9.17, 15) is 4.79 Å². The topological polar surface area (TPSA) is 59.8 Å². The highest BCUT2D eigenvalue weighted by Crippen LogP contribution is 2.24. The van der Waals surface area contributed by atoms with E-state index in [1.807, 2.05) is 24.5 Å². The molecule has 0 aromatic carbocycles. The fourth-order valence-electron chi connectivity index (χ4n) is 1.99. The Kier molecular flexibility index (Phi) is 4.04. The van der Waals surface area contributed by atoms with E-state index in [-0.39, 0.29) is 11.3 Å². The van der Waals surface area contributed by atoms with Crippen molar-refractivity contribution < 1.29 is 4.79 Å². The van der Waals surface area contributed by atoms with Crippen LogP contribution in [0.3, 0.4) is 0 Å². The number of fused-ring (bicyclic) bond motifs is 1. The summed E-state index contributed by atoms with van der Waals surface area (Å²) < 4.78 is 1.92. The first-order chi connectivity index (χ1) is 9.02. The Bertz CT molecular complexity index is 606. The fraction of sp³-hybridized carbons (Fsp3) is 0.462. The van der Waals surface area contributed by atoms with E-state index in [2.05, 4.69) is 15.3 Å². The standard InChI is InChI=1S/C13H17ClN4O/c1-8-6-10-13(16-7-8)18(5-4-11(19)15-3)12(17-10)9(2)14/h6-7,9H,4-5H2,1-3H3,(H,15,19). The predicted octanol–water partition coefficient (Wildman–Crippen LogP) is 2.18. The van der Waals surface area contributed by atoms with Crippen LogP contribution in [0.1, 0.15) is 30.1 Å². The highest BCUT2D eigenvalue weighted by Gasteiger charge is 2.16. The molecule has 1 unspecified atom stereocenters. The van der Waals surface area contributed by atoms with E-state index < -0.39 is 0 Å². The Hall–Kier alpha value is -1.62. The number of carbonyl (C=O) groups is 1. The Morgan fingerprint density at radius 2 is 2.32 bits per heavy atom. The van der Waals surface area contributed by atoms with Gasteiger partial charge in [-0.05, 0) is 25.5 Å². The lowest BCUT2D eigenvalue weighted by atomic mass is 10.3. The monoisotopic (exact) mass is 280 g/mol. The van der Waals surface area contributed by atoms with Crippen molar-refractivity contribution in [1.29, 1.82) is 0 Å². The Morgan fingerprint density at radius 1 is 1.58 bits per heavy atom. The molecule has 102 valence electrons. The first kappa shape index (κ1) is 13.8. The van der Waals surface area contributed by atoms with Crippen molar-refractivity contribution in [2.75, 3.05) is 7.05 Å². The molecule has 0 aliphatic carbocycles. The lowest BCUT2D eigenvalue weighted by Gasteiger charge is -2.09. The van der Waals surface area contributed by atoms with Gasteiger partial charge in [0.2, 0.25) is 5.91 Å². The average molecular weight is 281 g/mol. The minimum atomic E-state index is -0.223. The number of halogens is 1. The molecular weight excluding hydrogens is 264 g/mol. The zero-order valence-corrected chi connectivity index (χ0v) is 12.0. The summed E-state index contributed by atoms with van der Waals surface area (Å²) in [5, 5.41) is 2.38. The molecule has 0 fully saturated rings. The first-order valence-corrected chi connectivity index (χ1v) is 6.64. The van der Waals surface area contributed by atoms with E-state index in [4.69, 9.17) is 11.6 Å². The van der Waals surface area contributed by atoms with Gasteiger partial charge in [0, 0.05) is 26.2 Å². The molecule has 1 amide bonds. The van der Waals surface area contributed by atoms with Gasteiger partial charge in [-0.1, -0.05) is 0 Å². The molecule has 0 radical (unpaired) electrons. The van der Waals surface area contributed by atoms with Gasteiger partial charge in [-0.3, -0.25) is 4.79 Å². The molecule has 5 nitrogen and oxygen atoms in total. The number of hydrogen-bond acceptors (Lipinski definition) is 3. The number of nitrogens with one attached hydrogen (secondary N) is 1. The van der Waals surface area contributed by atoms with Gasteiger partial charge in [0.15, 0.2) is 5.65 Å². The molecule has 1 atom stereocenters. The van der Waals surface area contributed by atoms with E-state index in [0.717, 1.165) is 22.6 Å². The number of nitrogens with zero attached hydrogens (tertiary/aromatic N) is 3.